The van der Waals surface area contributed by atoms with E-state index in [4.69, 9.17) is 9.72 Å². The molecule has 0 radical (unpaired) electrons. The molecule has 1 aliphatic heterocycles. The highest BCUT2D eigenvalue weighted by Crippen LogP contribution is 2.38. The van der Waals surface area contributed by atoms with Crippen LogP contribution in [0.5, 0.6) is 0 Å². The molecule has 1 aliphatic rings. The molecule has 1 saturated heterocycles. The van der Waals surface area contributed by atoms with Crippen molar-refractivity contribution >= 4 is 11.3 Å². The number of aryl methyl sites for hydroxylation is 1. The van der Waals surface area contributed by atoms with Gasteiger partial charge in [-0.15, -0.1) is 11.3 Å². The second-order valence-corrected chi connectivity index (χ2v) is 6.29. The number of aromatic nitrogens is 1. The van der Waals surface area contributed by atoms with Crippen molar-refractivity contribution in [3.05, 3.63) is 15.6 Å². The van der Waals surface area contributed by atoms with Crippen molar-refractivity contribution in [3.8, 4) is 0 Å². The standard InChI is InChI=1S/C14H24N2OS/c1-4-7-11-12(10-15-3)18-13(16-11)14(2)8-5-6-9-17-14/h15H,4-10H2,1-3H3. The van der Waals surface area contributed by atoms with Crippen molar-refractivity contribution in [1.82, 2.24) is 10.3 Å². The third-order valence-electron chi connectivity index (χ3n) is 3.52. The number of rotatable bonds is 5. The van der Waals surface area contributed by atoms with E-state index in [1.165, 1.54) is 28.4 Å². The predicted octanol–water partition coefficient (Wildman–Crippen LogP) is 3.23. The van der Waals surface area contributed by atoms with Gasteiger partial charge in [0.1, 0.15) is 10.6 Å². The molecule has 0 aliphatic carbocycles. The highest BCUT2D eigenvalue weighted by Gasteiger charge is 2.33. The van der Waals surface area contributed by atoms with E-state index < -0.39 is 0 Å². The van der Waals surface area contributed by atoms with Crippen LogP contribution < -0.4 is 5.32 Å². The zero-order valence-electron chi connectivity index (χ0n) is 11.7. The van der Waals surface area contributed by atoms with E-state index in [1.807, 2.05) is 18.4 Å². The maximum atomic E-state index is 6.00. The highest BCUT2D eigenvalue weighted by molar-refractivity contribution is 7.11. The van der Waals surface area contributed by atoms with Gasteiger partial charge in [0, 0.05) is 18.0 Å². The Morgan fingerprint density at radius 2 is 2.28 bits per heavy atom. The topological polar surface area (TPSA) is 34.1 Å². The van der Waals surface area contributed by atoms with Gasteiger partial charge < -0.3 is 10.1 Å². The van der Waals surface area contributed by atoms with Gasteiger partial charge in [-0.05, 0) is 39.7 Å². The van der Waals surface area contributed by atoms with Crippen LogP contribution in [0.2, 0.25) is 0 Å². The quantitative estimate of drug-likeness (QED) is 0.890. The van der Waals surface area contributed by atoms with Gasteiger partial charge in [-0.2, -0.15) is 0 Å². The van der Waals surface area contributed by atoms with Gasteiger partial charge in [0.25, 0.3) is 0 Å². The summed E-state index contributed by atoms with van der Waals surface area (Å²) in [5.41, 5.74) is 1.12. The predicted molar refractivity (Wildman–Crippen MR) is 76.0 cm³/mol. The monoisotopic (exact) mass is 268 g/mol. The molecule has 0 amide bonds. The number of ether oxygens (including phenoxy) is 1. The molecule has 0 bridgehead atoms. The minimum absolute atomic E-state index is 0.141. The molecule has 0 saturated carbocycles. The molecule has 0 spiro atoms. The lowest BCUT2D eigenvalue weighted by atomic mass is 9.97. The molecule has 1 unspecified atom stereocenters. The summed E-state index contributed by atoms with van der Waals surface area (Å²) in [5.74, 6) is 0. The van der Waals surface area contributed by atoms with Gasteiger partial charge in [-0.3, -0.25) is 0 Å². The molecule has 1 aromatic heterocycles. The molecule has 4 heteroatoms. The van der Waals surface area contributed by atoms with Crippen molar-refractivity contribution in [1.29, 1.82) is 0 Å². The lowest BCUT2D eigenvalue weighted by Gasteiger charge is -2.31. The van der Waals surface area contributed by atoms with E-state index in [-0.39, 0.29) is 5.60 Å². The molecule has 2 heterocycles. The summed E-state index contributed by atoms with van der Waals surface area (Å²) in [5, 5.41) is 4.42. The second-order valence-electron chi connectivity index (χ2n) is 5.21. The van der Waals surface area contributed by atoms with Crippen LogP contribution >= 0.6 is 11.3 Å². The van der Waals surface area contributed by atoms with Crippen LogP contribution in [0.15, 0.2) is 0 Å². The van der Waals surface area contributed by atoms with E-state index >= 15 is 0 Å². The van der Waals surface area contributed by atoms with Crippen LogP contribution in [-0.4, -0.2) is 18.6 Å². The van der Waals surface area contributed by atoms with Gasteiger partial charge in [0.05, 0.1) is 5.69 Å². The number of hydrogen-bond acceptors (Lipinski definition) is 4. The summed E-state index contributed by atoms with van der Waals surface area (Å²) in [6.45, 7) is 6.20. The molecule has 0 aromatic carbocycles. The van der Waals surface area contributed by atoms with Crippen LogP contribution in [0.4, 0.5) is 0 Å². The van der Waals surface area contributed by atoms with Crippen molar-refractivity contribution in [2.24, 2.45) is 0 Å². The van der Waals surface area contributed by atoms with Crippen LogP contribution in [0, 0.1) is 0 Å². The summed E-state index contributed by atoms with van der Waals surface area (Å²) >= 11 is 1.83. The maximum Gasteiger partial charge on any atom is 0.125 e. The summed E-state index contributed by atoms with van der Waals surface area (Å²) in [6, 6.07) is 0. The fraction of sp³-hybridized carbons (Fsp3) is 0.786. The highest BCUT2D eigenvalue weighted by atomic mass is 32.1. The Bertz CT molecular complexity index is 360. The van der Waals surface area contributed by atoms with Crippen LogP contribution in [0.3, 0.4) is 0 Å². The SMILES string of the molecule is CCCc1nc(C2(C)CCCCO2)sc1CNC. The summed E-state index contributed by atoms with van der Waals surface area (Å²) in [4.78, 5) is 6.25. The van der Waals surface area contributed by atoms with E-state index in [9.17, 15) is 0 Å². The average molecular weight is 268 g/mol. The molecule has 18 heavy (non-hydrogen) atoms. The van der Waals surface area contributed by atoms with E-state index in [2.05, 4.69) is 19.2 Å². The molecular weight excluding hydrogens is 244 g/mol. The molecule has 1 atom stereocenters. The normalized spacial score (nSPS) is 24.4. The van der Waals surface area contributed by atoms with Crippen molar-refractivity contribution < 1.29 is 4.74 Å². The number of thiazole rings is 1. The first-order valence-electron chi connectivity index (χ1n) is 6.97. The van der Waals surface area contributed by atoms with Gasteiger partial charge in [-0.1, -0.05) is 13.3 Å². The van der Waals surface area contributed by atoms with Crippen LogP contribution in [-0.2, 0) is 23.3 Å². The Morgan fingerprint density at radius 3 is 2.89 bits per heavy atom. The zero-order valence-corrected chi connectivity index (χ0v) is 12.5. The van der Waals surface area contributed by atoms with Crippen LogP contribution in [0.1, 0.15) is 55.1 Å². The first-order chi connectivity index (χ1) is 8.69. The average Bonchev–Trinajstić information content (AvgIpc) is 2.76. The molecule has 1 fully saturated rings. The molecule has 2 rings (SSSR count). The first kappa shape index (κ1) is 14.0. The van der Waals surface area contributed by atoms with Crippen molar-refractivity contribution in [2.45, 2.75) is 58.1 Å². The fourth-order valence-electron chi connectivity index (χ4n) is 2.44. The molecule has 3 nitrogen and oxygen atoms in total. The number of nitrogens with zero attached hydrogens (tertiary/aromatic N) is 1. The summed E-state index contributed by atoms with van der Waals surface area (Å²) in [6.07, 6.45) is 5.76. The Hall–Kier alpha value is -0.450. The Morgan fingerprint density at radius 1 is 1.44 bits per heavy atom. The lowest BCUT2D eigenvalue weighted by Crippen LogP contribution is -2.30. The number of hydrogen-bond donors (Lipinski definition) is 1. The molecule has 102 valence electrons. The van der Waals surface area contributed by atoms with E-state index in [1.54, 1.807) is 0 Å². The van der Waals surface area contributed by atoms with Crippen LogP contribution in [0.25, 0.3) is 0 Å². The van der Waals surface area contributed by atoms with Crippen molar-refractivity contribution in [3.63, 3.8) is 0 Å². The van der Waals surface area contributed by atoms with E-state index in [0.29, 0.717) is 0 Å². The van der Waals surface area contributed by atoms with Gasteiger partial charge in [-0.25, -0.2) is 4.98 Å². The second kappa shape index (κ2) is 6.13. The fourth-order valence-corrected chi connectivity index (χ4v) is 3.69. The third-order valence-corrected chi connectivity index (χ3v) is 4.87. The maximum absolute atomic E-state index is 6.00. The Kier molecular flexibility index (Phi) is 4.76. The number of nitrogens with one attached hydrogen (secondary N) is 1. The summed E-state index contributed by atoms with van der Waals surface area (Å²) < 4.78 is 6.00. The largest absolute Gasteiger partial charge is 0.368 e. The summed E-state index contributed by atoms with van der Waals surface area (Å²) in [7, 11) is 1.99. The van der Waals surface area contributed by atoms with Gasteiger partial charge in [0.15, 0.2) is 0 Å². The first-order valence-corrected chi connectivity index (χ1v) is 7.79. The molecular formula is C14H24N2OS. The third kappa shape index (κ3) is 2.92. The van der Waals surface area contributed by atoms with Gasteiger partial charge >= 0.3 is 0 Å². The zero-order chi connectivity index (χ0) is 13.0. The Balaban J connectivity index is 2.24. The van der Waals surface area contributed by atoms with E-state index in [0.717, 1.165) is 32.4 Å². The van der Waals surface area contributed by atoms with Crippen molar-refractivity contribution in [2.75, 3.05) is 13.7 Å². The minimum Gasteiger partial charge on any atom is -0.368 e. The smallest absolute Gasteiger partial charge is 0.125 e. The minimum atomic E-state index is -0.141. The molecule has 1 aromatic rings. The Labute approximate surface area is 114 Å². The lowest BCUT2D eigenvalue weighted by molar-refractivity contribution is -0.0702. The molecule has 1 N–H and O–H groups in total. The van der Waals surface area contributed by atoms with Gasteiger partial charge in [0.2, 0.25) is 0 Å².